The van der Waals surface area contributed by atoms with E-state index in [9.17, 15) is 4.79 Å². The van der Waals surface area contributed by atoms with Crippen molar-refractivity contribution in [2.45, 2.75) is 13.8 Å². The van der Waals surface area contributed by atoms with Gasteiger partial charge in [0.05, 0.1) is 6.61 Å². The molecule has 0 aliphatic rings. The summed E-state index contributed by atoms with van der Waals surface area (Å²) in [4.78, 5) is 13.7. The minimum atomic E-state index is -0.573. The van der Waals surface area contributed by atoms with Crippen LogP contribution in [0.3, 0.4) is 0 Å². The fourth-order valence-corrected chi connectivity index (χ4v) is 1.52. The summed E-state index contributed by atoms with van der Waals surface area (Å²) >= 11 is 0. The summed E-state index contributed by atoms with van der Waals surface area (Å²) in [5.41, 5.74) is 1.82. The number of carbonyl (C=O) groups excluding carboxylic acids is 1. The highest BCUT2D eigenvalue weighted by atomic mass is 16.5. The predicted octanol–water partition coefficient (Wildman–Crippen LogP) is 2.86. The summed E-state index contributed by atoms with van der Waals surface area (Å²) in [6.45, 7) is 4.21. The Balaban J connectivity index is 2.92. The van der Waals surface area contributed by atoms with Gasteiger partial charge in [0.25, 0.3) is 0 Å². The molecule has 0 spiro atoms. The molecule has 0 amide bonds. The zero-order valence-electron chi connectivity index (χ0n) is 12.4. The summed E-state index contributed by atoms with van der Waals surface area (Å²) in [5.74, 6) is -0.326. The van der Waals surface area contributed by atoms with Crippen LogP contribution in [0, 0.1) is 17.2 Å². The Morgan fingerprint density at radius 3 is 2.70 bits per heavy atom. The second-order valence-electron chi connectivity index (χ2n) is 5.15. The zero-order valence-corrected chi connectivity index (χ0v) is 12.4. The molecule has 0 heterocycles. The molecule has 0 aromatic heterocycles. The molecule has 0 N–H and O–H groups in total. The second kappa shape index (κ2) is 7.34. The maximum absolute atomic E-state index is 11.8. The average Bonchev–Trinajstić information content (AvgIpc) is 2.42. The first-order valence-electron chi connectivity index (χ1n) is 6.50. The van der Waals surface area contributed by atoms with E-state index in [0.717, 1.165) is 11.3 Å². The van der Waals surface area contributed by atoms with E-state index in [4.69, 9.17) is 10.00 Å². The Morgan fingerprint density at radius 1 is 1.45 bits per heavy atom. The van der Waals surface area contributed by atoms with Gasteiger partial charge in [-0.25, -0.2) is 4.79 Å². The van der Waals surface area contributed by atoms with Crippen molar-refractivity contribution in [1.82, 2.24) is 0 Å². The first kappa shape index (κ1) is 15.8. The molecule has 1 rings (SSSR count). The van der Waals surface area contributed by atoms with Crippen LogP contribution in [0.15, 0.2) is 29.8 Å². The van der Waals surface area contributed by atoms with Crippen molar-refractivity contribution in [2.24, 2.45) is 5.92 Å². The molecule has 1 aromatic carbocycles. The smallest absolute Gasteiger partial charge is 0.348 e. The van der Waals surface area contributed by atoms with Gasteiger partial charge in [0.15, 0.2) is 0 Å². The van der Waals surface area contributed by atoms with Crippen molar-refractivity contribution in [2.75, 3.05) is 25.6 Å². The molecule has 0 bridgehead atoms. The standard InChI is InChI=1S/C16H20N2O2/c1-12(2)11-20-16(19)14(10-17)8-13-6-5-7-15(9-13)18(3)4/h5-9,12H,11H2,1-4H3/b14-8+. The lowest BCUT2D eigenvalue weighted by molar-refractivity contribution is -0.139. The van der Waals surface area contributed by atoms with Crippen molar-refractivity contribution in [3.63, 3.8) is 0 Å². The van der Waals surface area contributed by atoms with Gasteiger partial charge in [-0.2, -0.15) is 5.26 Å². The van der Waals surface area contributed by atoms with E-state index in [1.165, 1.54) is 0 Å². The van der Waals surface area contributed by atoms with Gasteiger partial charge in [-0.1, -0.05) is 26.0 Å². The first-order valence-corrected chi connectivity index (χ1v) is 6.50. The van der Waals surface area contributed by atoms with Crippen LogP contribution in [0.4, 0.5) is 5.69 Å². The first-order chi connectivity index (χ1) is 9.43. The number of hydrogen-bond acceptors (Lipinski definition) is 4. The number of benzene rings is 1. The van der Waals surface area contributed by atoms with Crippen LogP contribution in [0.5, 0.6) is 0 Å². The SMILES string of the molecule is CC(C)COC(=O)/C(C#N)=C/c1cccc(N(C)C)c1. The van der Waals surface area contributed by atoms with Crippen LogP contribution in [0.2, 0.25) is 0 Å². The number of nitrogens with zero attached hydrogens (tertiary/aromatic N) is 2. The Bertz CT molecular complexity index is 540. The van der Waals surface area contributed by atoms with Crippen LogP contribution in [0.1, 0.15) is 19.4 Å². The van der Waals surface area contributed by atoms with Gasteiger partial charge >= 0.3 is 5.97 Å². The fraction of sp³-hybridized carbons (Fsp3) is 0.375. The average molecular weight is 272 g/mol. The largest absolute Gasteiger partial charge is 0.461 e. The number of anilines is 1. The number of esters is 1. The maximum atomic E-state index is 11.8. The molecule has 0 saturated carbocycles. The van der Waals surface area contributed by atoms with E-state index in [0.29, 0.717) is 6.61 Å². The number of rotatable bonds is 5. The van der Waals surface area contributed by atoms with Gasteiger partial charge in [0.1, 0.15) is 11.6 Å². The van der Waals surface area contributed by atoms with E-state index in [1.807, 2.05) is 63.2 Å². The molecule has 0 fully saturated rings. The molecule has 1 aromatic rings. The molecule has 4 heteroatoms. The Kier molecular flexibility index (Phi) is 5.79. The minimum absolute atomic E-state index is 0.0153. The monoisotopic (exact) mass is 272 g/mol. The number of carbonyl (C=O) groups is 1. The van der Waals surface area contributed by atoms with Gasteiger partial charge < -0.3 is 9.64 Å². The lowest BCUT2D eigenvalue weighted by Crippen LogP contribution is -2.11. The molecule has 0 radical (unpaired) electrons. The van der Waals surface area contributed by atoms with Crippen molar-refractivity contribution < 1.29 is 9.53 Å². The summed E-state index contributed by atoms with van der Waals surface area (Å²) in [7, 11) is 3.87. The van der Waals surface area contributed by atoms with Crippen LogP contribution in [-0.4, -0.2) is 26.7 Å². The number of hydrogen-bond donors (Lipinski definition) is 0. The van der Waals surface area contributed by atoms with E-state index < -0.39 is 5.97 Å². The lowest BCUT2D eigenvalue weighted by atomic mass is 10.1. The van der Waals surface area contributed by atoms with Gasteiger partial charge in [-0.15, -0.1) is 0 Å². The Hall–Kier alpha value is -2.28. The molecule has 0 aliphatic heterocycles. The summed E-state index contributed by atoms with van der Waals surface area (Å²) < 4.78 is 5.07. The highest BCUT2D eigenvalue weighted by molar-refractivity contribution is 5.98. The predicted molar refractivity (Wildman–Crippen MR) is 80.2 cm³/mol. The van der Waals surface area contributed by atoms with Gasteiger partial charge in [-0.05, 0) is 29.7 Å². The molecule has 0 aliphatic carbocycles. The summed E-state index contributed by atoms with van der Waals surface area (Å²) in [5, 5.41) is 9.07. The topological polar surface area (TPSA) is 53.3 Å². The van der Waals surface area contributed by atoms with Crippen molar-refractivity contribution >= 4 is 17.7 Å². The van der Waals surface area contributed by atoms with Crippen molar-refractivity contribution in [3.8, 4) is 6.07 Å². The maximum Gasteiger partial charge on any atom is 0.348 e. The van der Waals surface area contributed by atoms with E-state index in [-0.39, 0.29) is 11.5 Å². The lowest BCUT2D eigenvalue weighted by Gasteiger charge is -2.12. The van der Waals surface area contributed by atoms with E-state index in [1.54, 1.807) is 6.08 Å². The second-order valence-corrected chi connectivity index (χ2v) is 5.15. The van der Waals surface area contributed by atoms with Gasteiger partial charge in [0, 0.05) is 19.8 Å². The molecular formula is C16H20N2O2. The molecule has 4 nitrogen and oxygen atoms in total. The van der Waals surface area contributed by atoms with Gasteiger partial charge in [-0.3, -0.25) is 0 Å². The quantitative estimate of drug-likeness (QED) is 0.470. The Labute approximate surface area is 120 Å². The molecule has 0 saturated heterocycles. The normalized spacial score (nSPS) is 11.1. The summed E-state index contributed by atoms with van der Waals surface area (Å²) in [6, 6.07) is 9.50. The van der Waals surface area contributed by atoms with Crippen LogP contribution < -0.4 is 4.90 Å². The molecule has 20 heavy (non-hydrogen) atoms. The number of ether oxygens (including phenoxy) is 1. The third kappa shape index (κ3) is 4.77. The van der Waals surface area contributed by atoms with Crippen LogP contribution in [0.25, 0.3) is 6.08 Å². The summed E-state index contributed by atoms with van der Waals surface area (Å²) in [6.07, 6.45) is 1.55. The molecule has 106 valence electrons. The fourth-order valence-electron chi connectivity index (χ4n) is 1.52. The number of nitriles is 1. The molecule has 0 atom stereocenters. The molecular weight excluding hydrogens is 252 g/mol. The highest BCUT2D eigenvalue weighted by Crippen LogP contribution is 2.16. The zero-order chi connectivity index (χ0) is 15.1. The molecule has 0 unspecified atom stereocenters. The van der Waals surface area contributed by atoms with Crippen molar-refractivity contribution in [3.05, 3.63) is 35.4 Å². The Morgan fingerprint density at radius 2 is 2.15 bits per heavy atom. The van der Waals surface area contributed by atoms with Crippen LogP contribution in [-0.2, 0) is 9.53 Å². The minimum Gasteiger partial charge on any atom is -0.461 e. The van der Waals surface area contributed by atoms with Crippen molar-refractivity contribution in [1.29, 1.82) is 5.26 Å². The third-order valence-electron chi connectivity index (χ3n) is 2.59. The third-order valence-corrected chi connectivity index (χ3v) is 2.59. The van der Waals surface area contributed by atoms with Crippen LogP contribution >= 0.6 is 0 Å². The van der Waals surface area contributed by atoms with Gasteiger partial charge in [0.2, 0.25) is 0 Å². The van der Waals surface area contributed by atoms with E-state index >= 15 is 0 Å². The van der Waals surface area contributed by atoms with E-state index in [2.05, 4.69) is 0 Å². The highest BCUT2D eigenvalue weighted by Gasteiger charge is 2.11.